The maximum atomic E-state index is 13.2. The van der Waals surface area contributed by atoms with E-state index < -0.39 is 0 Å². The lowest BCUT2D eigenvalue weighted by molar-refractivity contribution is 0.525. The second-order valence-electron chi connectivity index (χ2n) is 5.16. The summed E-state index contributed by atoms with van der Waals surface area (Å²) < 4.78 is 15.3. The lowest BCUT2D eigenvalue weighted by Gasteiger charge is -2.08. The van der Waals surface area contributed by atoms with E-state index in [9.17, 15) is 4.39 Å². The van der Waals surface area contributed by atoms with Crippen LogP contribution in [0.5, 0.6) is 0 Å². The largest absolute Gasteiger partial charge is 0.347 e. The van der Waals surface area contributed by atoms with Crippen LogP contribution in [0.2, 0.25) is 0 Å². The van der Waals surface area contributed by atoms with E-state index in [1.54, 1.807) is 6.07 Å². The summed E-state index contributed by atoms with van der Waals surface area (Å²) in [6.45, 7) is 7.40. The Bertz CT molecular complexity index is 502. The van der Waals surface area contributed by atoms with Gasteiger partial charge in [-0.15, -0.1) is 0 Å². The molecule has 0 spiro atoms. The molecule has 1 aromatic carbocycles. The average Bonchev–Trinajstić information content (AvgIpc) is 2.71. The van der Waals surface area contributed by atoms with Gasteiger partial charge in [0.1, 0.15) is 5.82 Å². The van der Waals surface area contributed by atoms with Crippen LogP contribution >= 0.6 is 0 Å². The Morgan fingerprint density at radius 1 is 1.28 bits per heavy atom. The number of halogens is 1. The van der Waals surface area contributed by atoms with Crippen molar-refractivity contribution >= 4 is 10.9 Å². The number of nitrogens with one attached hydrogen (secondary N) is 1. The molecule has 0 unspecified atom stereocenters. The van der Waals surface area contributed by atoms with Crippen LogP contribution in [-0.4, -0.2) is 17.7 Å². The standard InChI is InChI=1S/C15H21FN2/c1-12(2)11-17-7-3-8-18-9-6-13-4-5-14(16)10-15(13)18/h4-6,9-10,12,17H,3,7-8,11H2,1-2H3. The molecule has 0 amide bonds. The molecule has 98 valence electrons. The van der Waals surface area contributed by atoms with Crippen molar-refractivity contribution in [3.05, 3.63) is 36.3 Å². The number of fused-ring (bicyclic) bond motifs is 1. The van der Waals surface area contributed by atoms with Gasteiger partial charge in [-0.2, -0.15) is 0 Å². The third-order valence-corrected chi connectivity index (χ3v) is 3.04. The molecule has 0 aliphatic rings. The molecular formula is C15H21FN2. The molecule has 0 bridgehead atoms. The minimum atomic E-state index is -0.166. The topological polar surface area (TPSA) is 17.0 Å². The Morgan fingerprint density at radius 2 is 2.11 bits per heavy atom. The van der Waals surface area contributed by atoms with E-state index in [4.69, 9.17) is 0 Å². The number of aromatic nitrogens is 1. The lowest BCUT2D eigenvalue weighted by Crippen LogP contribution is -2.21. The van der Waals surface area contributed by atoms with Crippen LogP contribution in [0, 0.1) is 11.7 Å². The smallest absolute Gasteiger partial charge is 0.125 e. The van der Waals surface area contributed by atoms with Gasteiger partial charge in [0, 0.05) is 12.7 Å². The normalized spacial score (nSPS) is 11.6. The van der Waals surface area contributed by atoms with Gasteiger partial charge in [0.2, 0.25) is 0 Å². The molecule has 0 fully saturated rings. The summed E-state index contributed by atoms with van der Waals surface area (Å²) in [6.07, 6.45) is 3.10. The number of hydrogen-bond acceptors (Lipinski definition) is 1. The van der Waals surface area contributed by atoms with Crippen LogP contribution in [0.1, 0.15) is 20.3 Å². The van der Waals surface area contributed by atoms with Crippen molar-refractivity contribution in [2.75, 3.05) is 13.1 Å². The summed E-state index contributed by atoms with van der Waals surface area (Å²) in [5.74, 6) is 0.520. The first-order chi connectivity index (χ1) is 8.66. The number of nitrogens with zero attached hydrogens (tertiary/aromatic N) is 1. The van der Waals surface area contributed by atoms with E-state index in [2.05, 4.69) is 23.7 Å². The third kappa shape index (κ3) is 3.33. The van der Waals surface area contributed by atoms with Gasteiger partial charge < -0.3 is 9.88 Å². The van der Waals surface area contributed by atoms with Crippen LogP contribution in [0.25, 0.3) is 10.9 Å². The molecule has 0 atom stereocenters. The molecule has 3 heteroatoms. The molecule has 0 saturated carbocycles. The highest BCUT2D eigenvalue weighted by Crippen LogP contribution is 2.17. The summed E-state index contributed by atoms with van der Waals surface area (Å²) in [4.78, 5) is 0. The molecule has 0 aliphatic heterocycles. The number of rotatable bonds is 6. The average molecular weight is 248 g/mol. The van der Waals surface area contributed by atoms with Gasteiger partial charge in [-0.3, -0.25) is 0 Å². The van der Waals surface area contributed by atoms with E-state index in [1.165, 1.54) is 6.07 Å². The fourth-order valence-corrected chi connectivity index (χ4v) is 2.12. The van der Waals surface area contributed by atoms with E-state index in [0.717, 1.165) is 37.0 Å². The summed E-state index contributed by atoms with van der Waals surface area (Å²) >= 11 is 0. The van der Waals surface area contributed by atoms with E-state index in [1.807, 2.05) is 18.3 Å². The molecular weight excluding hydrogens is 227 g/mol. The predicted octanol–water partition coefficient (Wildman–Crippen LogP) is 3.42. The molecule has 2 nitrogen and oxygen atoms in total. The second kappa shape index (κ2) is 6.01. The zero-order valence-corrected chi connectivity index (χ0v) is 11.1. The summed E-state index contributed by atoms with van der Waals surface area (Å²) in [5, 5.41) is 4.52. The summed E-state index contributed by atoms with van der Waals surface area (Å²) in [6, 6.07) is 6.99. The maximum absolute atomic E-state index is 13.2. The highest BCUT2D eigenvalue weighted by Gasteiger charge is 2.02. The minimum Gasteiger partial charge on any atom is -0.347 e. The van der Waals surface area contributed by atoms with Crippen molar-refractivity contribution in [3.8, 4) is 0 Å². The first-order valence-electron chi connectivity index (χ1n) is 6.62. The molecule has 1 N–H and O–H groups in total. The minimum absolute atomic E-state index is 0.166. The first kappa shape index (κ1) is 13.1. The number of hydrogen-bond donors (Lipinski definition) is 1. The maximum Gasteiger partial charge on any atom is 0.125 e. The second-order valence-corrected chi connectivity index (χ2v) is 5.16. The quantitative estimate of drug-likeness (QED) is 0.775. The van der Waals surface area contributed by atoms with Crippen LogP contribution in [0.3, 0.4) is 0 Å². The van der Waals surface area contributed by atoms with E-state index >= 15 is 0 Å². The van der Waals surface area contributed by atoms with Crippen LogP contribution in [0.15, 0.2) is 30.5 Å². The molecule has 0 aliphatic carbocycles. The number of aryl methyl sites for hydroxylation is 1. The van der Waals surface area contributed by atoms with Gasteiger partial charge >= 0.3 is 0 Å². The highest BCUT2D eigenvalue weighted by molar-refractivity contribution is 5.80. The van der Waals surface area contributed by atoms with Crippen LogP contribution < -0.4 is 5.32 Å². The Kier molecular flexibility index (Phi) is 4.37. The van der Waals surface area contributed by atoms with Crippen molar-refractivity contribution < 1.29 is 4.39 Å². The summed E-state index contributed by atoms with van der Waals surface area (Å²) in [5.41, 5.74) is 0.985. The Morgan fingerprint density at radius 3 is 2.89 bits per heavy atom. The zero-order valence-electron chi connectivity index (χ0n) is 11.1. The first-order valence-corrected chi connectivity index (χ1v) is 6.62. The molecule has 1 aromatic heterocycles. The van der Waals surface area contributed by atoms with Gasteiger partial charge in [-0.05, 0) is 55.1 Å². The highest BCUT2D eigenvalue weighted by atomic mass is 19.1. The Labute approximate surface area is 108 Å². The predicted molar refractivity (Wildman–Crippen MR) is 74.2 cm³/mol. The third-order valence-electron chi connectivity index (χ3n) is 3.04. The fraction of sp³-hybridized carbons (Fsp3) is 0.467. The van der Waals surface area contributed by atoms with Gasteiger partial charge in [0.25, 0.3) is 0 Å². The van der Waals surface area contributed by atoms with Crippen molar-refractivity contribution in [2.24, 2.45) is 5.92 Å². The van der Waals surface area contributed by atoms with Crippen LogP contribution in [-0.2, 0) is 6.54 Å². The molecule has 1 heterocycles. The van der Waals surface area contributed by atoms with Crippen LogP contribution in [0.4, 0.5) is 4.39 Å². The fourth-order valence-electron chi connectivity index (χ4n) is 2.12. The molecule has 2 rings (SSSR count). The van der Waals surface area contributed by atoms with Crippen molar-refractivity contribution in [1.82, 2.24) is 9.88 Å². The van der Waals surface area contributed by atoms with Crippen molar-refractivity contribution in [3.63, 3.8) is 0 Å². The molecule has 18 heavy (non-hydrogen) atoms. The Balaban J connectivity index is 1.89. The molecule has 0 radical (unpaired) electrons. The Hall–Kier alpha value is -1.35. The van der Waals surface area contributed by atoms with Crippen molar-refractivity contribution in [1.29, 1.82) is 0 Å². The molecule has 0 saturated heterocycles. The summed E-state index contributed by atoms with van der Waals surface area (Å²) in [7, 11) is 0. The molecule has 2 aromatic rings. The van der Waals surface area contributed by atoms with Gasteiger partial charge in [0.05, 0.1) is 5.52 Å². The SMILES string of the molecule is CC(C)CNCCCn1ccc2ccc(F)cc21. The van der Waals surface area contributed by atoms with Gasteiger partial charge in [0.15, 0.2) is 0 Å². The lowest BCUT2D eigenvalue weighted by atomic mass is 10.2. The van der Waals surface area contributed by atoms with E-state index in [-0.39, 0.29) is 5.82 Å². The van der Waals surface area contributed by atoms with Gasteiger partial charge in [-0.1, -0.05) is 13.8 Å². The van der Waals surface area contributed by atoms with Crippen molar-refractivity contribution in [2.45, 2.75) is 26.8 Å². The van der Waals surface area contributed by atoms with Gasteiger partial charge in [-0.25, -0.2) is 4.39 Å². The number of benzene rings is 1. The monoisotopic (exact) mass is 248 g/mol. The zero-order chi connectivity index (χ0) is 13.0. The van der Waals surface area contributed by atoms with E-state index in [0.29, 0.717) is 5.92 Å².